The molecule has 2 aromatic heterocycles. The van der Waals surface area contributed by atoms with Gasteiger partial charge in [0.2, 0.25) is 0 Å². The molecule has 0 bridgehead atoms. The predicted octanol–water partition coefficient (Wildman–Crippen LogP) is 2.79. The number of carbonyl (C=O) groups excluding carboxylic acids is 2. The number of benzene rings is 1. The molecule has 10 nitrogen and oxygen atoms in total. The Morgan fingerprint density at radius 1 is 0.970 bits per heavy atom. The Bertz CT molecular complexity index is 1130. The lowest BCUT2D eigenvalue weighted by Gasteiger charge is -2.30. The first kappa shape index (κ1) is 22.0. The minimum absolute atomic E-state index is 0.167. The van der Waals surface area contributed by atoms with E-state index in [1.807, 2.05) is 6.07 Å². The number of piperazine rings is 1. The largest absolute Gasteiger partial charge is 0.495 e. The van der Waals surface area contributed by atoms with E-state index in [0.29, 0.717) is 17.1 Å². The average molecular weight is 447 g/mol. The van der Waals surface area contributed by atoms with Gasteiger partial charge in [0.05, 0.1) is 30.4 Å². The molecule has 0 saturated carbocycles. The normalized spacial score (nSPS) is 13.2. The lowest BCUT2D eigenvalue weighted by Crippen LogP contribution is -2.43. The van der Waals surface area contributed by atoms with Gasteiger partial charge in [0.15, 0.2) is 0 Å². The molecule has 4 N–H and O–H groups in total. The summed E-state index contributed by atoms with van der Waals surface area (Å²) >= 11 is 0. The van der Waals surface area contributed by atoms with Crippen LogP contribution in [0.15, 0.2) is 60.9 Å². The second kappa shape index (κ2) is 10.4. The van der Waals surface area contributed by atoms with Crippen LogP contribution < -0.4 is 30.9 Å². The topological polar surface area (TPSA) is 121 Å². The number of ether oxygens (including phenoxy) is 1. The quantitative estimate of drug-likeness (QED) is 0.459. The Morgan fingerprint density at radius 2 is 1.79 bits per heavy atom. The van der Waals surface area contributed by atoms with Crippen molar-refractivity contribution in [3.8, 4) is 5.75 Å². The Hall–Kier alpha value is -4.18. The van der Waals surface area contributed by atoms with Gasteiger partial charge in [-0.1, -0.05) is 18.2 Å². The van der Waals surface area contributed by atoms with Crippen LogP contribution in [-0.2, 0) is 0 Å². The summed E-state index contributed by atoms with van der Waals surface area (Å²) in [5, 5.41) is 11.5. The maximum atomic E-state index is 12.9. The Morgan fingerprint density at radius 3 is 2.61 bits per heavy atom. The van der Waals surface area contributed by atoms with Crippen LogP contribution in [0.5, 0.6) is 5.75 Å². The van der Waals surface area contributed by atoms with E-state index in [0.717, 1.165) is 31.9 Å². The van der Waals surface area contributed by atoms with E-state index in [9.17, 15) is 9.59 Å². The number of pyridine rings is 2. The molecule has 33 heavy (non-hydrogen) atoms. The van der Waals surface area contributed by atoms with Gasteiger partial charge in [0, 0.05) is 32.4 Å². The third-order valence-corrected chi connectivity index (χ3v) is 5.08. The van der Waals surface area contributed by atoms with Gasteiger partial charge in [-0.25, -0.2) is 9.78 Å². The summed E-state index contributed by atoms with van der Waals surface area (Å²) in [5.74, 6) is 0.377. The van der Waals surface area contributed by atoms with Crippen LogP contribution >= 0.6 is 0 Å². The van der Waals surface area contributed by atoms with Gasteiger partial charge in [0.25, 0.3) is 5.91 Å². The van der Waals surface area contributed by atoms with Gasteiger partial charge in [-0.05, 0) is 30.3 Å². The van der Waals surface area contributed by atoms with Crippen molar-refractivity contribution in [3.05, 3.63) is 66.6 Å². The van der Waals surface area contributed by atoms with Crippen molar-refractivity contribution < 1.29 is 14.3 Å². The minimum Gasteiger partial charge on any atom is -0.495 e. The molecule has 3 heterocycles. The van der Waals surface area contributed by atoms with E-state index in [-0.39, 0.29) is 11.5 Å². The van der Waals surface area contributed by atoms with Crippen molar-refractivity contribution in [1.82, 2.24) is 15.3 Å². The van der Waals surface area contributed by atoms with E-state index < -0.39 is 11.9 Å². The zero-order chi connectivity index (χ0) is 23.0. The second-order valence-electron chi connectivity index (χ2n) is 7.27. The summed E-state index contributed by atoms with van der Waals surface area (Å²) in [6.07, 6.45) is 3.33. The molecule has 1 saturated heterocycles. The van der Waals surface area contributed by atoms with Gasteiger partial charge < -0.3 is 25.6 Å². The molecule has 1 aliphatic rings. The van der Waals surface area contributed by atoms with Crippen molar-refractivity contribution in [2.45, 2.75) is 0 Å². The Kier molecular flexibility index (Phi) is 6.96. The number of nitrogens with zero attached hydrogens (tertiary/aromatic N) is 3. The molecule has 0 unspecified atom stereocenters. The van der Waals surface area contributed by atoms with Gasteiger partial charge in [-0.15, -0.1) is 0 Å². The number of rotatable bonds is 6. The second-order valence-corrected chi connectivity index (χ2v) is 7.27. The summed E-state index contributed by atoms with van der Waals surface area (Å²) in [6, 6.07) is 13.3. The highest BCUT2D eigenvalue weighted by molar-refractivity contribution is 6.05. The first-order valence-corrected chi connectivity index (χ1v) is 10.5. The molecule has 10 heteroatoms. The molecule has 4 rings (SSSR count). The molecular weight excluding hydrogens is 422 g/mol. The van der Waals surface area contributed by atoms with Gasteiger partial charge in [-0.3, -0.25) is 15.1 Å². The standard InChI is InChI=1S/C23H25N7O3/c1-33-20-7-3-2-5-16(20)28-23(32)29-21-8-4-6-17(26-21)22(31)27-18-15-25-10-9-19(18)30-13-11-24-12-14-30/h2-10,15,24H,11-14H2,1H3,(H,27,31)(H2,26,28,29,32). The summed E-state index contributed by atoms with van der Waals surface area (Å²) in [4.78, 5) is 35.9. The predicted molar refractivity (Wildman–Crippen MR) is 127 cm³/mol. The number of nitrogens with one attached hydrogen (secondary N) is 4. The average Bonchev–Trinajstić information content (AvgIpc) is 2.85. The number of amides is 3. The van der Waals surface area contributed by atoms with Crippen molar-refractivity contribution >= 4 is 34.8 Å². The van der Waals surface area contributed by atoms with Crippen LogP contribution in [0.3, 0.4) is 0 Å². The first-order valence-electron chi connectivity index (χ1n) is 10.5. The SMILES string of the molecule is COc1ccccc1NC(=O)Nc1cccc(C(=O)Nc2cnccc2N2CCNCC2)n1. The molecule has 0 atom stereocenters. The fourth-order valence-corrected chi connectivity index (χ4v) is 3.50. The third-order valence-electron chi connectivity index (χ3n) is 5.08. The molecule has 3 amide bonds. The summed E-state index contributed by atoms with van der Waals surface area (Å²) < 4.78 is 5.23. The summed E-state index contributed by atoms with van der Waals surface area (Å²) in [5.41, 5.74) is 2.20. The van der Waals surface area contributed by atoms with E-state index in [4.69, 9.17) is 4.74 Å². The summed E-state index contributed by atoms with van der Waals surface area (Å²) in [7, 11) is 1.53. The molecule has 170 valence electrons. The van der Waals surface area contributed by atoms with Crippen LogP contribution in [0.4, 0.5) is 27.7 Å². The van der Waals surface area contributed by atoms with Gasteiger partial charge in [-0.2, -0.15) is 0 Å². The van der Waals surface area contributed by atoms with E-state index >= 15 is 0 Å². The number of hydrogen-bond acceptors (Lipinski definition) is 7. The number of urea groups is 1. The van der Waals surface area contributed by atoms with Gasteiger partial charge in [0.1, 0.15) is 17.3 Å². The number of carbonyl (C=O) groups is 2. The summed E-state index contributed by atoms with van der Waals surface area (Å²) in [6.45, 7) is 3.43. The molecular formula is C23H25N7O3. The molecule has 1 aromatic carbocycles. The first-order chi connectivity index (χ1) is 16.1. The van der Waals surface area contributed by atoms with Crippen molar-refractivity contribution in [1.29, 1.82) is 0 Å². The molecule has 0 spiro atoms. The third kappa shape index (κ3) is 5.55. The zero-order valence-corrected chi connectivity index (χ0v) is 18.2. The fraction of sp³-hybridized carbons (Fsp3) is 0.217. The lowest BCUT2D eigenvalue weighted by molar-refractivity contribution is 0.102. The van der Waals surface area contributed by atoms with Crippen molar-refractivity contribution in [2.75, 3.05) is 54.1 Å². The molecule has 0 aliphatic carbocycles. The number of hydrogen-bond donors (Lipinski definition) is 4. The molecule has 1 fully saturated rings. The van der Waals surface area contributed by atoms with Gasteiger partial charge >= 0.3 is 6.03 Å². The maximum Gasteiger partial charge on any atom is 0.324 e. The monoisotopic (exact) mass is 447 g/mol. The van der Waals surface area contributed by atoms with Crippen LogP contribution in [-0.4, -0.2) is 55.2 Å². The van der Waals surface area contributed by atoms with Crippen molar-refractivity contribution in [3.63, 3.8) is 0 Å². The lowest BCUT2D eigenvalue weighted by atomic mass is 10.2. The number of para-hydroxylation sites is 2. The van der Waals surface area contributed by atoms with E-state index in [2.05, 4.69) is 36.1 Å². The van der Waals surface area contributed by atoms with Crippen LogP contribution in [0, 0.1) is 0 Å². The highest BCUT2D eigenvalue weighted by Crippen LogP contribution is 2.26. The number of methoxy groups -OCH3 is 1. The minimum atomic E-state index is -0.502. The van der Waals surface area contributed by atoms with Crippen LogP contribution in [0.25, 0.3) is 0 Å². The smallest absolute Gasteiger partial charge is 0.324 e. The highest BCUT2D eigenvalue weighted by atomic mass is 16.5. The molecule has 0 radical (unpaired) electrons. The van der Waals surface area contributed by atoms with Crippen LogP contribution in [0.1, 0.15) is 10.5 Å². The Labute approximate surface area is 191 Å². The fourth-order valence-electron chi connectivity index (χ4n) is 3.50. The van der Waals surface area contributed by atoms with E-state index in [1.54, 1.807) is 54.9 Å². The molecule has 1 aliphatic heterocycles. The van der Waals surface area contributed by atoms with Crippen molar-refractivity contribution in [2.24, 2.45) is 0 Å². The van der Waals surface area contributed by atoms with Crippen LogP contribution in [0.2, 0.25) is 0 Å². The highest BCUT2D eigenvalue weighted by Gasteiger charge is 2.17. The van der Waals surface area contributed by atoms with E-state index in [1.165, 1.54) is 7.11 Å². The maximum absolute atomic E-state index is 12.9. The number of aromatic nitrogens is 2. The number of anilines is 4. The Balaban J connectivity index is 1.44. The zero-order valence-electron chi connectivity index (χ0n) is 18.2. The molecule has 3 aromatic rings.